The van der Waals surface area contributed by atoms with Gasteiger partial charge in [-0.05, 0) is 88.4 Å². The first-order valence-electron chi connectivity index (χ1n) is 13.5. The van der Waals surface area contributed by atoms with Gasteiger partial charge in [0.25, 0.3) is 0 Å². The van der Waals surface area contributed by atoms with E-state index in [-0.39, 0.29) is 11.4 Å². The van der Waals surface area contributed by atoms with Crippen LogP contribution in [0.3, 0.4) is 0 Å². The second-order valence-electron chi connectivity index (χ2n) is 10.7. The Morgan fingerprint density at radius 1 is 1.14 bits per heavy atom. The van der Waals surface area contributed by atoms with Gasteiger partial charge in [-0.3, -0.25) is 4.90 Å². The van der Waals surface area contributed by atoms with Gasteiger partial charge in [-0.2, -0.15) is 0 Å². The van der Waals surface area contributed by atoms with Gasteiger partial charge in [0.15, 0.2) is 0 Å². The number of phenolic OH excluding ortho intramolecular Hbond substituents is 1. The largest absolute Gasteiger partial charge is 0.506 e. The number of hydrogen-bond donors (Lipinski definition) is 1. The van der Waals surface area contributed by atoms with E-state index in [2.05, 4.69) is 9.80 Å². The Hall–Kier alpha value is -1.60. The van der Waals surface area contributed by atoms with Gasteiger partial charge >= 0.3 is 5.63 Å². The monoisotopic (exact) mass is 502 g/mol. The van der Waals surface area contributed by atoms with Gasteiger partial charge in [0.1, 0.15) is 11.3 Å². The van der Waals surface area contributed by atoms with Gasteiger partial charge in [0.05, 0.1) is 10.6 Å². The number of halogens is 1. The van der Waals surface area contributed by atoms with Crippen molar-refractivity contribution in [3.63, 3.8) is 0 Å². The summed E-state index contributed by atoms with van der Waals surface area (Å²) in [5.74, 6) is 0.650. The average molecular weight is 503 g/mol. The van der Waals surface area contributed by atoms with Crippen molar-refractivity contribution < 1.29 is 14.3 Å². The second-order valence-corrected chi connectivity index (χ2v) is 11.1. The Morgan fingerprint density at radius 3 is 2.77 bits per heavy atom. The molecule has 7 heteroatoms. The number of ether oxygens (including phenoxy) is 1. The van der Waals surface area contributed by atoms with Gasteiger partial charge < -0.3 is 19.2 Å². The predicted octanol–water partition coefficient (Wildman–Crippen LogP) is 5.13. The molecule has 3 heterocycles. The fraction of sp³-hybridized carbons (Fsp3) is 0.679. The van der Waals surface area contributed by atoms with Crippen molar-refractivity contribution in [2.24, 2.45) is 5.92 Å². The number of hydrogen-bond acceptors (Lipinski definition) is 6. The molecule has 0 spiro atoms. The summed E-state index contributed by atoms with van der Waals surface area (Å²) in [6, 6.07) is 2.44. The topological polar surface area (TPSA) is 66.2 Å². The van der Waals surface area contributed by atoms with Crippen molar-refractivity contribution in [1.82, 2.24) is 9.80 Å². The van der Waals surface area contributed by atoms with Gasteiger partial charge in [-0.1, -0.05) is 18.0 Å². The quantitative estimate of drug-likeness (QED) is 0.398. The van der Waals surface area contributed by atoms with Crippen LogP contribution in [0.5, 0.6) is 5.75 Å². The zero-order valence-electron chi connectivity index (χ0n) is 21.0. The minimum absolute atomic E-state index is 0.0396. The summed E-state index contributed by atoms with van der Waals surface area (Å²) in [5.41, 5.74) is 2.74. The number of aromatic hydroxyl groups is 1. The molecule has 2 fully saturated rings. The van der Waals surface area contributed by atoms with Crippen LogP contribution in [0.4, 0.5) is 0 Å². The number of benzene rings is 1. The van der Waals surface area contributed by atoms with E-state index in [0.29, 0.717) is 41.3 Å². The van der Waals surface area contributed by atoms with Crippen molar-refractivity contribution in [3.05, 3.63) is 38.2 Å². The van der Waals surface area contributed by atoms with Crippen LogP contribution in [0.2, 0.25) is 5.02 Å². The van der Waals surface area contributed by atoms with Crippen molar-refractivity contribution >= 4 is 22.6 Å². The van der Waals surface area contributed by atoms with Crippen molar-refractivity contribution in [2.45, 2.75) is 76.8 Å². The summed E-state index contributed by atoms with van der Waals surface area (Å²) in [7, 11) is 1.74. The lowest BCUT2D eigenvalue weighted by Crippen LogP contribution is -2.51. The first kappa shape index (κ1) is 25.1. The molecule has 35 heavy (non-hydrogen) atoms. The molecule has 2 aromatic rings. The predicted molar refractivity (Wildman–Crippen MR) is 140 cm³/mol. The Bertz CT molecular complexity index is 1100. The Labute approximate surface area is 213 Å². The number of rotatable bonds is 8. The van der Waals surface area contributed by atoms with Crippen LogP contribution < -0.4 is 5.63 Å². The van der Waals surface area contributed by atoms with Crippen LogP contribution >= 0.6 is 11.6 Å². The number of aryl methyl sites for hydroxylation is 1. The third-order valence-electron chi connectivity index (χ3n) is 8.46. The highest BCUT2D eigenvalue weighted by molar-refractivity contribution is 6.33. The molecule has 192 valence electrons. The molecule has 1 aromatic heterocycles. The Kier molecular flexibility index (Phi) is 8.02. The molecule has 3 aliphatic rings. The van der Waals surface area contributed by atoms with Crippen molar-refractivity contribution in [3.8, 4) is 5.75 Å². The van der Waals surface area contributed by atoms with Gasteiger partial charge in [-0.25, -0.2) is 4.79 Å². The molecule has 1 aliphatic carbocycles. The maximum Gasteiger partial charge on any atom is 0.339 e. The Balaban J connectivity index is 1.48. The summed E-state index contributed by atoms with van der Waals surface area (Å²) in [4.78, 5) is 18.0. The van der Waals surface area contributed by atoms with E-state index in [0.717, 1.165) is 61.7 Å². The molecule has 1 N–H and O–H groups in total. The fourth-order valence-corrected chi connectivity index (χ4v) is 6.98. The molecule has 0 amide bonds. The second kappa shape index (κ2) is 11.2. The number of methoxy groups -OCH3 is 1. The number of fused-ring (bicyclic) bond motifs is 4. The summed E-state index contributed by atoms with van der Waals surface area (Å²) in [5, 5.41) is 12.3. The van der Waals surface area contributed by atoms with Crippen molar-refractivity contribution in [1.29, 1.82) is 0 Å². The molecule has 2 atom stereocenters. The maximum atomic E-state index is 12.9. The van der Waals surface area contributed by atoms with Gasteiger partial charge in [-0.15, -0.1) is 0 Å². The summed E-state index contributed by atoms with van der Waals surface area (Å²) >= 11 is 6.55. The van der Waals surface area contributed by atoms with Gasteiger partial charge in [0.2, 0.25) is 0 Å². The van der Waals surface area contributed by atoms with Crippen LogP contribution in [-0.2, 0) is 24.1 Å². The number of nitrogens with zero attached hydrogens (tertiary/aromatic N) is 2. The Morgan fingerprint density at radius 2 is 1.94 bits per heavy atom. The summed E-state index contributed by atoms with van der Waals surface area (Å²) in [6.07, 6.45) is 11.0. The average Bonchev–Trinajstić information content (AvgIpc) is 2.88. The van der Waals surface area contributed by atoms with Crippen LogP contribution in [0, 0.1) is 5.92 Å². The van der Waals surface area contributed by atoms with Crippen LogP contribution in [0.25, 0.3) is 11.0 Å². The normalized spacial score (nSPS) is 22.9. The molecule has 2 aliphatic heterocycles. The zero-order valence-corrected chi connectivity index (χ0v) is 21.7. The third-order valence-corrected chi connectivity index (χ3v) is 8.75. The van der Waals surface area contributed by atoms with E-state index >= 15 is 0 Å². The zero-order chi connectivity index (χ0) is 24.4. The highest BCUT2D eigenvalue weighted by Crippen LogP contribution is 2.39. The maximum absolute atomic E-state index is 12.9. The highest BCUT2D eigenvalue weighted by atomic mass is 35.5. The fourth-order valence-electron chi connectivity index (χ4n) is 6.76. The summed E-state index contributed by atoms with van der Waals surface area (Å²) < 4.78 is 11.2. The molecule has 0 saturated carbocycles. The van der Waals surface area contributed by atoms with E-state index in [9.17, 15) is 9.90 Å². The molecular formula is C28H39ClN2O4. The molecule has 0 radical (unpaired) electrons. The first-order valence-corrected chi connectivity index (χ1v) is 13.9. The summed E-state index contributed by atoms with van der Waals surface area (Å²) in [6.45, 7) is 5.48. The van der Waals surface area contributed by atoms with E-state index < -0.39 is 0 Å². The SMILES string of the molecule is COCCCN(Cc1c(O)c(Cl)cc2c3c(c(=O)oc12)CCCC3)C[C@@H]1CCCN2CCCC[C@H]12. The molecule has 5 rings (SSSR count). The minimum Gasteiger partial charge on any atom is -0.506 e. The smallest absolute Gasteiger partial charge is 0.339 e. The van der Waals surface area contributed by atoms with Crippen LogP contribution in [0.1, 0.15) is 68.1 Å². The lowest BCUT2D eigenvalue weighted by atomic mass is 9.83. The molecule has 2 saturated heterocycles. The van der Waals surface area contributed by atoms with Crippen LogP contribution in [0.15, 0.2) is 15.3 Å². The molecule has 1 aromatic carbocycles. The molecule has 0 bridgehead atoms. The lowest BCUT2D eigenvalue weighted by molar-refractivity contribution is 0.0372. The third kappa shape index (κ3) is 5.27. The molecular weight excluding hydrogens is 464 g/mol. The standard InChI is InChI=1S/C28H39ClN2O4/c1-34-15-7-12-30(17-19-8-6-14-31-13-5-4-11-25(19)31)18-23-26(32)24(29)16-22-20-9-2-3-10-21(20)28(33)35-27(22)23/h16,19,25,32H,2-15,17-18H2,1H3/t19-,25+/m0/s1. The molecule has 6 nitrogen and oxygen atoms in total. The minimum atomic E-state index is -0.258. The highest BCUT2D eigenvalue weighted by Gasteiger charge is 2.34. The number of piperidine rings is 2. The van der Waals surface area contributed by atoms with E-state index in [4.69, 9.17) is 20.8 Å². The first-order chi connectivity index (χ1) is 17.1. The van der Waals surface area contributed by atoms with Crippen molar-refractivity contribution in [2.75, 3.05) is 39.9 Å². The number of phenols is 1. The van der Waals surface area contributed by atoms with Gasteiger partial charge in [0, 0.05) is 50.3 Å². The molecule has 0 unspecified atom stereocenters. The van der Waals surface area contributed by atoms with E-state index in [1.54, 1.807) is 13.2 Å². The lowest BCUT2D eigenvalue weighted by Gasteiger charge is -2.45. The van der Waals surface area contributed by atoms with Crippen LogP contribution in [-0.4, -0.2) is 60.8 Å². The van der Waals surface area contributed by atoms with E-state index in [1.807, 2.05) is 0 Å². The van der Waals surface area contributed by atoms with E-state index in [1.165, 1.54) is 45.2 Å².